The lowest BCUT2D eigenvalue weighted by atomic mass is 9.82. The van der Waals surface area contributed by atoms with Crippen molar-refractivity contribution in [1.82, 2.24) is 0 Å². The van der Waals surface area contributed by atoms with Gasteiger partial charge >= 0.3 is 0 Å². The van der Waals surface area contributed by atoms with Gasteiger partial charge in [0.15, 0.2) is 11.6 Å². The first-order valence-corrected chi connectivity index (χ1v) is 10.3. The van der Waals surface area contributed by atoms with Crippen molar-refractivity contribution in [2.45, 2.75) is 45.4 Å². The van der Waals surface area contributed by atoms with Gasteiger partial charge in [0.2, 0.25) is 0 Å². The number of aromatic hydroxyl groups is 2. The zero-order chi connectivity index (χ0) is 20.5. The van der Waals surface area contributed by atoms with Crippen LogP contribution < -0.4 is 0 Å². The van der Waals surface area contributed by atoms with E-state index in [4.69, 9.17) is 0 Å². The quantitative estimate of drug-likeness (QED) is 0.704. The lowest BCUT2D eigenvalue weighted by molar-refractivity contribution is 0.0979. The molecule has 4 rings (SSSR count). The number of allylic oxidation sites excluding steroid dienone is 2. The molecule has 4 nitrogen and oxygen atoms in total. The average molecular weight is 390 g/mol. The molecule has 0 saturated heterocycles. The minimum atomic E-state index is -0.418. The normalized spacial score (nSPS) is 21.2. The summed E-state index contributed by atoms with van der Waals surface area (Å²) in [6.45, 7) is 1.55. The summed E-state index contributed by atoms with van der Waals surface area (Å²) < 4.78 is 0. The maximum absolute atomic E-state index is 12.4. The monoisotopic (exact) mass is 390 g/mol. The van der Waals surface area contributed by atoms with Crippen molar-refractivity contribution in [2.24, 2.45) is 11.8 Å². The van der Waals surface area contributed by atoms with Crippen LogP contribution in [0.15, 0.2) is 48.0 Å². The fourth-order valence-corrected chi connectivity index (χ4v) is 4.91. The third-order valence-electron chi connectivity index (χ3n) is 6.48. The third kappa shape index (κ3) is 3.71. The molecule has 2 N–H and O–H groups in total. The largest absolute Gasteiger partial charge is 0.507 e. The summed E-state index contributed by atoms with van der Waals surface area (Å²) in [6, 6.07) is 11.9. The second kappa shape index (κ2) is 7.86. The number of fused-ring (bicyclic) bond motifs is 1. The van der Waals surface area contributed by atoms with E-state index in [1.165, 1.54) is 17.7 Å². The summed E-state index contributed by atoms with van der Waals surface area (Å²) in [7, 11) is 0. The molecule has 2 unspecified atom stereocenters. The summed E-state index contributed by atoms with van der Waals surface area (Å²) in [5.41, 5.74) is 2.06. The number of hydrogen-bond acceptors (Lipinski definition) is 4. The standard InChI is InChI=1S/C25H26O4/c1-15-12-20(26)23-22(24(15)28)21(27)14-19(25(23)29)13-18-9-5-8-17(18)11-10-16-6-3-2-4-7-16/h2-4,6-7,12,14,17-18,27,29H,5,8-11,13H2,1H3. The smallest absolute Gasteiger partial charge is 0.193 e. The third-order valence-corrected chi connectivity index (χ3v) is 6.48. The summed E-state index contributed by atoms with van der Waals surface area (Å²) in [6.07, 6.45) is 7.35. The lowest BCUT2D eigenvalue weighted by Gasteiger charge is -2.23. The van der Waals surface area contributed by atoms with Crippen LogP contribution in [0.5, 0.6) is 11.5 Å². The first-order valence-electron chi connectivity index (χ1n) is 10.3. The van der Waals surface area contributed by atoms with Gasteiger partial charge in [-0.2, -0.15) is 0 Å². The Kier molecular flexibility index (Phi) is 5.27. The fraction of sp³-hybridized carbons (Fsp3) is 0.360. The van der Waals surface area contributed by atoms with E-state index in [9.17, 15) is 19.8 Å². The van der Waals surface area contributed by atoms with Crippen molar-refractivity contribution in [2.75, 3.05) is 0 Å². The molecule has 0 heterocycles. The highest BCUT2D eigenvalue weighted by molar-refractivity contribution is 6.26. The average Bonchev–Trinajstić information content (AvgIpc) is 3.15. The van der Waals surface area contributed by atoms with Crippen LogP contribution in [0.4, 0.5) is 0 Å². The number of benzene rings is 2. The van der Waals surface area contributed by atoms with Gasteiger partial charge in [0, 0.05) is 5.57 Å². The van der Waals surface area contributed by atoms with E-state index in [1.54, 1.807) is 6.92 Å². The molecule has 0 spiro atoms. The summed E-state index contributed by atoms with van der Waals surface area (Å²) in [5.74, 6) is -0.230. The maximum atomic E-state index is 12.4. The Bertz CT molecular complexity index is 988. The Hall–Kier alpha value is -2.88. The van der Waals surface area contributed by atoms with Crippen LogP contribution in [0.2, 0.25) is 0 Å². The number of phenolic OH excluding ortho intramolecular Hbond substituents is 2. The van der Waals surface area contributed by atoms with E-state index in [1.807, 2.05) is 6.07 Å². The van der Waals surface area contributed by atoms with Gasteiger partial charge in [-0.3, -0.25) is 9.59 Å². The molecule has 29 heavy (non-hydrogen) atoms. The van der Waals surface area contributed by atoms with Crippen LogP contribution >= 0.6 is 0 Å². The van der Waals surface area contributed by atoms with E-state index < -0.39 is 11.6 Å². The van der Waals surface area contributed by atoms with Crippen molar-refractivity contribution >= 4 is 11.6 Å². The number of aryl methyl sites for hydroxylation is 1. The van der Waals surface area contributed by atoms with Crippen LogP contribution in [0.3, 0.4) is 0 Å². The molecule has 2 aliphatic rings. The van der Waals surface area contributed by atoms with Crippen LogP contribution in [0.1, 0.15) is 64.4 Å². The molecular weight excluding hydrogens is 364 g/mol. The number of rotatable bonds is 5. The van der Waals surface area contributed by atoms with E-state index in [2.05, 4.69) is 24.3 Å². The molecular formula is C25H26O4. The molecule has 2 atom stereocenters. The summed E-state index contributed by atoms with van der Waals surface area (Å²) >= 11 is 0. The summed E-state index contributed by atoms with van der Waals surface area (Å²) in [5, 5.41) is 21.2. The van der Waals surface area contributed by atoms with Gasteiger partial charge in [-0.25, -0.2) is 0 Å². The molecule has 2 aromatic rings. The van der Waals surface area contributed by atoms with Crippen molar-refractivity contribution in [3.63, 3.8) is 0 Å². The predicted octanol–water partition coefficient (Wildman–Crippen LogP) is 5.01. The zero-order valence-corrected chi connectivity index (χ0v) is 16.6. The number of Topliss-reactive ketones (excluding diaryl/α,β-unsaturated/α-hetero) is 1. The minimum absolute atomic E-state index is 0.0468. The fourth-order valence-electron chi connectivity index (χ4n) is 4.91. The first-order chi connectivity index (χ1) is 14.0. The molecule has 150 valence electrons. The van der Waals surface area contributed by atoms with Gasteiger partial charge in [-0.1, -0.05) is 43.2 Å². The molecule has 0 aliphatic heterocycles. The topological polar surface area (TPSA) is 74.6 Å². The lowest BCUT2D eigenvalue weighted by Crippen LogP contribution is -2.18. The van der Waals surface area contributed by atoms with Gasteiger partial charge in [0.1, 0.15) is 11.5 Å². The van der Waals surface area contributed by atoms with E-state index >= 15 is 0 Å². The highest BCUT2D eigenvalue weighted by Crippen LogP contribution is 2.42. The zero-order valence-electron chi connectivity index (χ0n) is 16.6. The molecule has 2 aliphatic carbocycles. The van der Waals surface area contributed by atoms with Gasteiger partial charge < -0.3 is 10.2 Å². The van der Waals surface area contributed by atoms with Crippen molar-refractivity contribution < 1.29 is 19.8 Å². The molecule has 4 heteroatoms. The molecule has 0 radical (unpaired) electrons. The minimum Gasteiger partial charge on any atom is -0.507 e. The Balaban J connectivity index is 1.55. The van der Waals surface area contributed by atoms with E-state index in [-0.39, 0.29) is 28.2 Å². The SMILES string of the molecule is CC1=CC(=O)c2c(O)c(CC3CCCC3CCc3ccccc3)cc(O)c2C1=O. The molecule has 0 aromatic heterocycles. The molecule has 0 amide bonds. The molecule has 1 fully saturated rings. The Morgan fingerprint density at radius 1 is 1.00 bits per heavy atom. The number of carbonyl (C=O) groups excluding carboxylic acids is 2. The van der Waals surface area contributed by atoms with Gasteiger partial charge in [-0.15, -0.1) is 0 Å². The molecule has 1 saturated carbocycles. The van der Waals surface area contributed by atoms with Crippen LogP contribution in [0, 0.1) is 11.8 Å². The number of ketones is 2. The Labute approximate surface area is 170 Å². The van der Waals surface area contributed by atoms with Crippen LogP contribution in [0.25, 0.3) is 0 Å². The van der Waals surface area contributed by atoms with Crippen molar-refractivity contribution in [3.8, 4) is 11.5 Å². The van der Waals surface area contributed by atoms with Crippen LogP contribution in [-0.4, -0.2) is 21.8 Å². The number of hydrogen-bond donors (Lipinski definition) is 2. The van der Waals surface area contributed by atoms with Gasteiger partial charge in [0.25, 0.3) is 0 Å². The number of phenols is 2. The predicted molar refractivity (Wildman–Crippen MR) is 111 cm³/mol. The highest BCUT2D eigenvalue weighted by atomic mass is 16.3. The highest BCUT2D eigenvalue weighted by Gasteiger charge is 2.33. The Morgan fingerprint density at radius 2 is 1.72 bits per heavy atom. The molecule has 2 aromatic carbocycles. The van der Waals surface area contributed by atoms with Crippen molar-refractivity contribution in [3.05, 3.63) is 70.3 Å². The van der Waals surface area contributed by atoms with E-state index in [0.717, 1.165) is 32.1 Å². The second-order valence-corrected chi connectivity index (χ2v) is 8.35. The number of carbonyl (C=O) groups is 2. The first kappa shape index (κ1) is 19.4. The summed E-state index contributed by atoms with van der Waals surface area (Å²) in [4.78, 5) is 24.8. The van der Waals surface area contributed by atoms with Crippen molar-refractivity contribution in [1.29, 1.82) is 0 Å². The van der Waals surface area contributed by atoms with E-state index in [0.29, 0.717) is 23.8 Å². The maximum Gasteiger partial charge on any atom is 0.193 e. The molecule has 0 bridgehead atoms. The van der Waals surface area contributed by atoms with Gasteiger partial charge in [-0.05, 0) is 67.7 Å². The van der Waals surface area contributed by atoms with Gasteiger partial charge in [0.05, 0.1) is 11.1 Å². The second-order valence-electron chi connectivity index (χ2n) is 8.35. The Morgan fingerprint density at radius 3 is 2.48 bits per heavy atom. The van der Waals surface area contributed by atoms with Crippen LogP contribution in [-0.2, 0) is 12.8 Å².